The fraction of sp³-hybridized carbons (Fsp3) is 0.575. The van der Waals surface area contributed by atoms with Crippen LogP contribution in [-0.4, -0.2) is 251 Å². The second-order valence-corrected chi connectivity index (χ2v) is 45.3. The van der Waals surface area contributed by atoms with Gasteiger partial charge >= 0.3 is 12.2 Å². The molecule has 26 heteroatoms. The normalized spacial score (nSPS) is 24.9. The zero-order valence-electron chi connectivity index (χ0n) is 90.4. The molecule has 8 N–H and O–H groups in total. The number of nitrogens with zero attached hydrogens (tertiary/aromatic N) is 6. The number of hydrogen-bond acceptors (Lipinski definition) is 23. The van der Waals surface area contributed by atoms with Crippen molar-refractivity contribution in [2.75, 3.05) is 169 Å². The predicted octanol–water partition coefficient (Wildman–Crippen LogP) is 19.9. The Morgan fingerprint density at radius 1 is 0.404 bits per heavy atom. The molecule has 10 fully saturated rings. The third-order valence-electron chi connectivity index (χ3n) is 32.7. The van der Waals surface area contributed by atoms with E-state index in [0.29, 0.717) is 94.8 Å². The molecule has 8 aromatic carbocycles. The molecule has 0 aromatic heterocycles. The van der Waals surface area contributed by atoms with Crippen molar-refractivity contribution in [2.24, 2.45) is 56.1 Å². The lowest BCUT2D eigenvalue weighted by atomic mass is 9.71. The van der Waals surface area contributed by atoms with E-state index in [9.17, 15) is 19.5 Å². The first kappa shape index (κ1) is 111. The molecule has 796 valence electrons. The van der Waals surface area contributed by atoms with Crippen LogP contribution >= 0.6 is 0 Å². The Kier molecular flexibility index (Phi) is 38.5. The largest absolute Gasteiger partial charge is 0.493 e. The Balaban J connectivity index is 0.000000145. The fourth-order valence-corrected chi connectivity index (χ4v) is 23.6. The van der Waals surface area contributed by atoms with Crippen molar-refractivity contribution in [1.82, 2.24) is 34.7 Å². The summed E-state index contributed by atoms with van der Waals surface area (Å²) in [5.41, 5.74) is 27.0. The average Bonchev–Trinajstić information content (AvgIpc) is 1.62. The number of ether oxygens (including phenoxy) is 12. The molecule has 7 unspecified atom stereocenters. The van der Waals surface area contributed by atoms with Crippen molar-refractivity contribution < 1.29 is 76.3 Å². The summed E-state index contributed by atoms with van der Waals surface area (Å²) in [5, 5.41) is 13.8. The molecule has 0 radical (unpaired) electrons. The first-order chi connectivity index (χ1) is 70.2. The summed E-state index contributed by atoms with van der Waals surface area (Å²) < 4.78 is 68.8. The third-order valence-corrected chi connectivity index (χ3v) is 32.7. The lowest BCUT2D eigenvalue weighted by Gasteiger charge is -2.35. The molecule has 146 heavy (non-hydrogen) atoms. The van der Waals surface area contributed by atoms with Crippen LogP contribution in [-0.2, 0) is 33.9 Å². The second-order valence-electron chi connectivity index (χ2n) is 45.3. The van der Waals surface area contributed by atoms with E-state index in [1.54, 1.807) is 45.3 Å². The highest BCUT2D eigenvalue weighted by Crippen LogP contribution is 2.53. The monoisotopic (exact) mass is 2010 g/mol. The highest BCUT2D eigenvalue weighted by molar-refractivity contribution is 5.84. The number of nitrogens with one attached hydrogen (secondary N) is 1. The van der Waals surface area contributed by atoms with Gasteiger partial charge in [0.2, 0.25) is 0 Å². The summed E-state index contributed by atoms with van der Waals surface area (Å²) in [6.45, 7) is 31.1. The molecule has 11 atom stereocenters. The number of rotatable bonds is 36. The number of nitrogens with two attached hydrogens (primary N) is 3. The van der Waals surface area contributed by atoms with E-state index in [0.717, 1.165) is 173 Å². The minimum absolute atomic E-state index is 0.00793. The van der Waals surface area contributed by atoms with E-state index in [2.05, 4.69) is 209 Å². The molecule has 18 rings (SSSR count). The number of amides is 3. The van der Waals surface area contributed by atoms with Crippen molar-refractivity contribution in [1.29, 1.82) is 0 Å². The average molecular weight is 2010 g/mol. The second kappa shape index (κ2) is 50.6. The van der Waals surface area contributed by atoms with Gasteiger partial charge in [-0.3, -0.25) is 14.6 Å². The van der Waals surface area contributed by atoms with Gasteiger partial charge < -0.3 is 104 Å². The van der Waals surface area contributed by atoms with Crippen molar-refractivity contribution >= 4 is 18.1 Å². The first-order valence-corrected chi connectivity index (χ1v) is 53.6. The number of aliphatic hydroxyl groups is 1. The topological polar surface area (TPSA) is 292 Å². The number of methoxy groups -OCH3 is 7. The fourth-order valence-electron chi connectivity index (χ4n) is 23.6. The Hall–Kier alpha value is -10.6. The van der Waals surface area contributed by atoms with Crippen LogP contribution in [0.5, 0.6) is 57.5 Å². The highest BCUT2D eigenvalue weighted by Gasteiger charge is 2.52. The maximum atomic E-state index is 12.6. The highest BCUT2D eigenvalue weighted by atomic mass is 16.6. The van der Waals surface area contributed by atoms with E-state index in [-0.39, 0.29) is 75.1 Å². The Morgan fingerprint density at radius 2 is 0.726 bits per heavy atom. The van der Waals surface area contributed by atoms with Gasteiger partial charge in [-0.1, -0.05) is 156 Å². The number of hydrogen-bond donors (Lipinski definition) is 5. The summed E-state index contributed by atoms with van der Waals surface area (Å²) in [7, 11) is 15.7. The van der Waals surface area contributed by atoms with Gasteiger partial charge in [-0.25, -0.2) is 9.59 Å². The zero-order chi connectivity index (χ0) is 104. The SMILES string of the molecule is COC(=O)N1CC(c2ccc(OC)c(OCC3CC3)c2)[C@](C)(CN)C1.COC(=O)N1C[C@@H](c2ccc(OC)c(OC3CCCC3)c2)[C@](C)(CNCc2ccccc2)C1.COc1ccc(C2CN(C(=O)C(C)(C)O)C[C@@]2(C)CN)cc1OCC1CC1.COc1ccc(C2CN(Cc3ccccc3)CC2(C)C(C)N)cc1OC1CCCC1.COc1ccc(C2CN(Cc3ccccc3)CC2(C)CN(C)C)cc1OC1CCCC1. The van der Waals surface area contributed by atoms with Crippen LogP contribution in [0.4, 0.5) is 9.59 Å². The number of benzene rings is 8. The van der Waals surface area contributed by atoms with E-state index < -0.39 is 5.60 Å². The van der Waals surface area contributed by atoms with Gasteiger partial charge in [0.15, 0.2) is 57.5 Å². The first-order valence-electron chi connectivity index (χ1n) is 53.6. The van der Waals surface area contributed by atoms with Crippen LogP contribution in [0.3, 0.4) is 0 Å². The predicted molar refractivity (Wildman–Crippen MR) is 577 cm³/mol. The zero-order valence-corrected chi connectivity index (χ0v) is 90.4. The molecule has 5 aliphatic carbocycles. The smallest absolute Gasteiger partial charge is 0.409 e. The molecule has 10 aliphatic rings. The Morgan fingerprint density at radius 3 is 1.08 bits per heavy atom. The standard InChI is InChI=1S/C27H36N2O4.C27H38N2O2.C26H36N2O2.C21H32N2O4.C19H28N2O4/c1-27(18-28-16-20-9-5-4-6-10-20)19-29(26(30)32-3)17-23(27)21-13-14-24(31-2)25(15-21)33-22-11-7-8-12-22;1-27(19-28(2)3)20-29(17-21-10-6-5-7-11-21)18-24(27)22-14-15-25(30-4)26(16-22)31-23-12-8-9-13-23;1-19(27)26(2)18-28(16-20-9-5-4-6-10-20)17-23(26)21-13-14-24(29-3)25(15-21)30-22-11-7-8-12-22;1-20(2,25)19(24)23-10-16(21(3,12-22)13-23)15-7-8-17(26-4)18(9-15)27-11-14-5-6-14;1-19(11-20)12-21(18(22)24-3)9-15(19)14-6-7-16(23-2)17(8-14)25-10-13-4-5-13/h4-6,9-10,13-15,22-23,28H,7-8,11-12,16-19H2,1-3H3;5-7,10-11,14-16,23-24H,8-9,12-13,17-20H2,1-4H3;4-6,9-10,13-15,19,22-23H,7-8,11-12,16-18,27H2,1-3H3;7-9,14,16,25H,5-6,10-13,22H2,1-4H3;6-8,13,15H,4-5,9-12,20H2,1-3H3/t23-,27+;;;16?,21-;15?,19-/m0..11/s1. The minimum Gasteiger partial charge on any atom is -0.493 e. The van der Waals surface area contributed by atoms with Gasteiger partial charge in [0.25, 0.3) is 5.91 Å². The molecule has 0 spiro atoms. The van der Waals surface area contributed by atoms with E-state index in [1.807, 2.05) is 53.4 Å². The van der Waals surface area contributed by atoms with Gasteiger partial charge in [-0.2, -0.15) is 0 Å². The minimum atomic E-state index is -1.39. The van der Waals surface area contributed by atoms with Crippen LogP contribution in [0.15, 0.2) is 182 Å². The van der Waals surface area contributed by atoms with Crippen molar-refractivity contribution in [2.45, 2.75) is 237 Å². The maximum absolute atomic E-state index is 12.6. The van der Waals surface area contributed by atoms with Crippen molar-refractivity contribution in [3.05, 3.63) is 226 Å². The molecular formula is C120H170N10O16. The van der Waals surface area contributed by atoms with Gasteiger partial charge in [0, 0.05) is 174 Å². The summed E-state index contributed by atoms with van der Waals surface area (Å²) >= 11 is 0. The third kappa shape index (κ3) is 28.5. The molecule has 5 saturated carbocycles. The van der Waals surface area contributed by atoms with Crippen LogP contribution in [0.1, 0.15) is 232 Å². The lowest BCUT2D eigenvalue weighted by molar-refractivity contribution is -0.147. The number of carbonyl (C=O) groups is 3. The van der Waals surface area contributed by atoms with Crippen LogP contribution in [0.2, 0.25) is 0 Å². The molecule has 5 heterocycles. The molecule has 26 nitrogen and oxygen atoms in total. The van der Waals surface area contributed by atoms with Gasteiger partial charge in [0.1, 0.15) is 5.60 Å². The Labute approximate surface area is 870 Å². The van der Waals surface area contributed by atoms with E-state index in [1.165, 1.54) is 126 Å². The summed E-state index contributed by atoms with van der Waals surface area (Å²) in [6, 6.07) is 63.4. The molecule has 8 aromatic rings. The van der Waals surface area contributed by atoms with Crippen molar-refractivity contribution in [3.8, 4) is 57.5 Å². The molecular weight excluding hydrogens is 1840 g/mol. The summed E-state index contributed by atoms with van der Waals surface area (Å²) in [4.78, 5) is 49.7. The molecule has 5 saturated heterocycles. The Bertz CT molecular complexity index is 5480. The maximum Gasteiger partial charge on any atom is 0.409 e. The van der Waals surface area contributed by atoms with E-state index >= 15 is 0 Å². The van der Waals surface area contributed by atoms with Crippen LogP contribution < -0.4 is 69.9 Å². The quantitative estimate of drug-likeness (QED) is 0.0244. The molecule has 0 bridgehead atoms. The van der Waals surface area contributed by atoms with Gasteiger partial charge in [-0.05, 0) is 255 Å². The number of carbonyl (C=O) groups excluding carboxylic acids is 3. The van der Waals surface area contributed by atoms with Crippen molar-refractivity contribution in [3.63, 3.8) is 0 Å². The molecule has 3 amide bonds. The van der Waals surface area contributed by atoms with E-state index in [4.69, 9.17) is 74.0 Å². The van der Waals surface area contributed by atoms with Crippen LogP contribution in [0, 0.1) is 38.9 Å². The van der Waals surface area contributed by atoms with Crippen LogP contribution in [0.25, 0.3) is 0 Å². The number of likely N-dealkylation sites (tertiary alicyclic amines) is 5. The molecule has 5 aliphatic heterocycles. The summed E-state index contributed by atoms with van der Waals surface area (Å²) in [5.74, 6) is 10.2. The van der Waals surface area contributed by atoms with Gasteiger partial charge in [-0.15, -0.1) is 0 Å². The lowest BCUT2D eigenvalue weighted by Crippen LogP contribution is -2.45. The summed E-state index contributed by atoms with van der Waals surface area (Å²) in [6.07, 6.45) is 19.5. The van der Waals surface area contributed by atoms with Gasteiger partial charge in [0.05, 0.1) is 81.3 Å².